The minimum atomic E-state index is -3.33. The maximum absolute atomic E-state index is 12.4. The van der Waals surface area contributed by atoms with Crippen LogP contribution in [0.4, 0.5) is 11.4 Å². The quantitative estimate of drug-likeness (QED) is 0.747. The number of carbonyl (C=O) groups is 1. The minimum absolute atomic E-state index is 0.320. The van der Waals surface area contributed by atoms with Crippen molar-refractivity contribution in [2.24, 2.45) is 0 Å². The molecule has 1 N–H and O–H groups in total. The Kier molecular flexibility index (Phi) is 6.68. The van der Waals surface area contributed by atoms with Crippen LogP contribution in [0.15, 0.2) is 48.5 Å². The second kappa shape index (κ2) is 8.77. The molecule has 0 saturated carbocycles. The van der Waals surface area contributed by atoms with Gasteiger partial charge in [-0.15, -0.1) is 0 Å². The van der Waals surface area contributed by atoms with E-state index in [0.717, 1.165) is 10.6 Å². The van der Waals surface area contributed by atoms with Gasteiger partial charge < -0.3 is 14.8 Å². The van der Waals surface area contributed by atoms with Gasteiger partial charge in [0.2, 0.25) is 10.0 Å². The van der Waals surface area contributed by atoms with Gasteiger partial charge in [0, 0.05) is 7.05 Å². The number of amides is 1. The number of hydrogen-bond donors (Lipinski definition) is 1. The Morgan fingerprint density at radius 3 is 2.37 bits per heavy atom. The smallest absolute Gasteiger partial charge is 0.265 e. The fraction of sp³-hybridized carbons (Fsp3) is 0.316. The number of ether oxygens (including phenoxy) is 2. The van der Waals surface area contributed by atoms with E-state index in [-0.39, 0.29) is 5.91 Å². The Balaban J connectivity index is 2.02. The molecule has 2 aromatic carbocycles. The topological polar surface area (TPSA) is 84.9 Å². The van der Waals surface area contributed by atoms with E-state index in [1.165, 1.54) is 7.05 Å². The number of benzene rings is 2. The first-order valence-electron chi connectivity index (χ1n) is 8.45. The van der Waals surface area contributed by atoms with Gasteiger partial charge in [-0.3, -0.25) is 9.10 Å². The third-order valence-electron chi connectivity index (χ3n) is 3.82. The van der Waals surface area contributed by atoms with Crippen LogP contribution in [0.25, 0.3) is 0 Å². The van der Waals surface area contributed by atoms with Gasteiger partial charge in [-0.1, -0.05) is 12.1 Å². The lowest BCUT2D eigenvalue weighted by Crippen LogP contribution is -2.30. The molecule has 0 radical (unpaired) electrons. The molecule has 2 aromatic rings. The zero-order valence-electron chi connectivity index (χ0n) is 15.8. The normalized spacial score (nSPS) is 12.1. The summed E-state index contributed by atoms with van der Waals surface area (Å²) in [4.78, 5) is 12.4. The summed E-state index contributed by atoms with van der Waals surface area (Å²) < 4.78 is 35.4. The molecule has 8 heteroatoms. The Bertz CT molecular complexity index is 881. The van der Waals surface area contributed by atoms with Crippen LogP contribution in [0.2, 0.25) is 0 Å². The van der Waals surface area contributed by atoms with Crippen LogP contribution in [0.3, 0.4) is 0 Å². The Hall–Kier alpha value is -2.74. The molecule has 7 nitrogen and oxygen atoms in total. The van der Waals surface area contributed by atoms with E-state index in [2.05, 4.69) is 5.32 Å². The Morgan fingerprint density at radius 1 is 1.15 bits per heavy atom. The molecule has 0 saturated heterocycles. The van der Waals surface area contributed by atoms with Crippen molar-refractivity contribution in [2.45, 2.75) is 20.0 Å². The van der Waals surface area contributed by atoms with Gasteiger partial charge in [-0.2, -0.15) is 0 Å². The minimum Gasteiger partial charge on any atom is -0.492 e. The molecule has 0 aliphatic heterocycles. The molecule has 1 amide bonds. The molecule has 2 rings (SSSR count). The molecule has 0 heterocycles. The predicted octanol–water partition coefficient (Wildman–Crippen LogP) is 2.89. The molecule has 0 aliphatic carbocycles. The van der Waals surface area contributed by atoms with E-state index >= 15 is 0 Å². The standard InChI is InChI=1S/C19H24N2O5S/c1-5-25-18-9-7-6-8-17(18)20-19(22)14(2)26-16-12-10-15(11-13-16)21(3)27(4,23)24/h6-14H,5H2,1-4H3,(H,20,22)/t14-/m0/s1. The van der Waals surface area contributed by atoms with Crippen LogP contribution in [-0.4, -0.2) is 40.3 Å². The molecular formula is C19H24N2O5S. The van der Waals surface area contributed by atoms with Crippen molar-refractivity contribution >= 4 is 27.3 Å². The van der Waals surface area contributed by atoms with Crippen LogP contribution in [0.1, 0.15) is 13.8 Å². The van der Waals surface area contributed by atoms with Gasteiger partial charge in [0.1, 0.15) is 11.5 Å². The summed E-state index contributed by atoms with van der Waals surface area (Å²) in [6, 6.07) is 13.6. The highest BCUT2D eigenvalue weighted by Crippen LogP contribution is 2.25. The molecule has 27 heavy (non-hydrogen) atoms. The number of carbonyl (C=O) groups excluding carboxylic acids is 1. The number of sulfonamides is 1. The third kappa shape index (κ3) is 5.62. The molecular weight excluding hydrogens is 368 g/mol. The van der Waals surface area contributed by atoms with Crippen molar-refractivity contribution in [3.05, 3.63) is 48.5 Å². The fourth-order valence-electron chi connectivity index (χ4n) is 2.27. The van der Waals surface area contributed by atoms with Crippen molar-refractivity contribution in [2.75, 3.05) is 29.5 Å². The first-order chi connectivity index (χ1) is 12.7. The van der Waals surface area contributed by atoms with E-state index < -0.39 is 16.1 Å². The number of para-hydroxylation sites is 2. The summed E-state index contributed by atoms with van der Waals surface area (Å²) in [7, 11) is -1.86. The lowest BCUT2D eigenvalue weighted by molar-refractivity contribution is -0.122. The zero-order valence-corrected chi connectivity index (χ0v) is 16.6. The molecule has 0 unspecified atom stereocenters. The van der Waals surface area contributed by atoms with Crippen molar-refractivity contribution in [1.82, 2.24) is 0 Å². The number of anilines is 2. The molecule has 146 valence electrons. The second-order valence-electron chi connectivity index (χ2n) is 5.90. The lowest BCUT2D eigenvalue weighted by Gasteiger charge is -2.18. The summed E-state index contributed by atoms with van der Waals surface area (Å²) in [6.07, 6.45) is 0.377. The largest absolute Gasteiger partial charge is 0.492 e. The van der Waals surface area contributed by atoms with Crippen LogP contribution >= 0.6 is 0 Å². The van der Waals surface area contributed by atoms with E-state index in [1.807, 2.05) is 13.0 Å². The van der Waals surface area contributed by atoms with Crippen molar-refractivity contribution in [1.29, 1.82) is 0 Å². The average molecular weight is 392 g/mol. The number of rotatable bonds is 8. The predicted molar refractivity (Wildman–Crippen MR) is 106 cm³/mol. The molecule has 0 aliphatic rings. The molecule has 1 atom stereocenters. The van der Waals surface area contributed by atoms with E-state index in [1.54, 1.807) is 49.4 Å². The highest BCUT2D eigenvalue weighted by atomic mass is 32.2. The van der Waals surface area contributed by atoms with Gasteiger partial charge >= 0.3 is 0 Å². The van der Waals surface area contributed by atoms with Gasteiger partial charge in [0.05, 0.1) is 24.2 Å². The highest BCUT2D eigenvalue weighted by molar-refractivity contribution is 7.92. The summed E-state index contributed by atoms with van der Waals surface area (Å²) in [5.74, 6) is 0.731. The third-order valence-corrected chi connectivity index (χ3v) is 5.03. The van der Waals surface area contributed by atoms with Crippen molar-refractivity contribution in [3.8, 4) is 11.5 Å². The summed E-state index contributed by atoms with van der Waals surface area (Å²) in [6.45, 7) is 4.00. The van der Waals surface area contributed by atoms with E-state index in [4.69, 9.17) is 9.47 Å². The van der Waals surface area contributed by atoms with Crippen LogP contribution in [-0.2, 0) is 14.8 Å². The maximum Gasteiger partial charge on any atom is 0.265 e. The molecule has 0 spiro atoms. The Labute approximate surface area is 160 Å². The van der Waals surface area contributed by atoms with Crippen molar-refractivity contribution in [3.63, 3.8) is 0 Å². The Morgan fingerprint density at radius 2 is 1.78 bits per heavy atom. The van der Waals surface area contributed by atoms with Crippen LogP contribution in [0.5, 0.6) is 11.5 Å². The summed E-state index contributed by atoms with van der Waals surface area (Å²) >= 11 is 0. The SMILES string of the molecule is CCOc1ccccc1NC(=O)[C@H](C)Oc1ccc(N(C)S(C)(=O)=O)cc1. The summed E-state index contributed by atoms with van der Waals surface area (Å²) in [5.41, 5.74) is 1.08. The van der Waals surface area contributed by atoms with Gasteiger partial charge in [-0.05, 0) is 50.2 Å². The maximum atomic E-state index is 12.4. The molecule has 0 aromatic heterocycles. The first kappa shape index (κ1) is 20.6. The fourth-order valence-corrected chi connectivity index (χ4v) is 2.77. The highest BCUT2D eigenvalue weighted by Gasteiger charge is 2.17. The average Bonchev–Trinajstić information content (AvgIpc) is 2.62. The van der Waals surface area contributed by atoms with Gasteiger partial charge in [-0.25, -0.2) is 8.42 Å². The van der Waals surface area contributed by atoms with Crippen LogP contribution < -0.4 is 19.1 Å². The van der Waals surface area contributed by atoms with Gasteiger partial charge in [0.15, 0.2) is 6.10 Å². The van der Waals surface area contributed by atoms with Gasteiger partial charge in [0.25, 0.3) is 5.91 Å². The lowest BCUT2D eigenvalue weighted by atomic mass is 10.2. The number of hydrogen-bond acceptors (Lipinski definition) is 5. The van der Waals surface area contributed by atoms with E-state index in [9.17, 15) is 13.2 Å². The molecule has 0 bridgehead atoms. The molecule has 0 fully saturated rings. The number of nitrogens with zero attached hydrogens (tertiary/aromatic N) is 1. The monoisotopic (exact) mass is 392 g/mol. The van der Waals surface area contributed by atoms with Crippen LogP contribution in [0, 0.1) is 0 Å². The summed E-state index contributed by atoms with van der Waals surface area (Å²) in [5, 5.41) is 2.79. The zero-order chi connectivity index (χ0) is 20.0. The first-order valence-corrected chi connectivity index (χ1v) is 10.3. The number of nitrogens with one attached hydrogen (secondary N) is 1. The second-order valence-corrected chi connectivity index (χ2v) is 7.92. The van der Waals surface area contributed by atoms with E-state index in [0.29, 0.717) is 29.5 Å². The van der Waals surface area contributed by atoms with Crippen molar-refractivity contribution < 1.29 is 22.7 Å².